The molecule has 1 amide bonds. The van der Waals surface area contributed by atoms with Gasteiger partial charge >= 0.3 is 0 Å². The third-order valence-electron chi connectivity index (χ3n) is 4.22. The second-order valence-corrected chi connectivity index (χ2v) is 6.62. The number of carbonyl (C=O) groups is 1. The monoisotopic (exact) mass is 315 g/mol. The number of hydrogen-bond acceptors (Lipinski definition) is 4. The zero-order valence-corrected chi connectivity index (χ0v) is 13.9. The maximum Gasteiger partial charge on any atom is 0.220 e. The van der Waals surface area contributed by atoms with E-state index in [9.17, 15) is 4.79 Å². The Morgan fingerprint density at radius 3 is 3.13 bits per heavy atom. The fourth-order valence-electron chi connectivity index (χ4n) is 3.12. The fourth-order valence-corrected chi connectivity index (χ4v) is 3.12. The van der Waals surface area contributed by atoms with Gasteiger partial charge < -0.3 is 10.6 Å². The molecule has 0 spiro atoms. The summed E-state index contributed by atoms with van der Waals surface area (Å²) in [6, 6.07) is 4.06. The number of amides is 1. The highest BCUT2D eigenvalue weighted by Crippen LogP contribution is 2.27. The molecule has 1 saturated heterocycles. The number of rotatable bonds is 6. The molecule has 2 aromatic heterocycles. The van der Waals surface area contributed by atoms with E-state index in [1.165, 1.54) is 0 Å². The molecule has 0 aromatic carbocycles. The van der Waals surface area contributed by atoms with Crippen molar-refractivity contribution in [3.8, 4) is 0 Å². The minimum Gasteiger partial charge on any atom is -0.354 e. The molecule has 1 aliphatic heterocycles. The first-order valence-electron chi connectivity index (χ1n) is 8.44. The summed E-state index contributed by atoms with van der Waals surface area (Å²) in [4.78, 5) is 16.2. The van der Waals surface area contributed by atoms with Crippen LogP contribution in [-0.4, -0.2) is 40.3 Å². The number of pyridine rings is 1. The third-order valence-corrected chi connectivity index (χ3v) is 4.22. The second-order valence-electron chi connectivity index (χ2n) is 6.62. The summed E-state index contributed by atoms with van der Waals surface area (Å²) >= 11 is 0. The zero-order valence-electron chi connectivity index (χ0n) is 13.9. The Balaban J connectivity index is 1.72. The smallest absolute Gasteiger partial charge is 0.220 e. The minimum atomic E-state index is 0.102. The molecule has 23 heavy (non-hydrogen) atoms. The van der Waals surface area contributed by atoms with Crippen LogP contribution in [0.25, 0.3) is 11.0 Å². The van der Waals surface area contributed by atoms with Crippen LogP contribution in [0.5, 0.6) is 0 Å². The SMILES string of the molecule is CC(C)CC(=O)NCCn1nc([C@H]2CCNC2)c2cccnc21. The molecule has 1 atom stereocenters. The fraction of sp³-hybridized carbons (Fsp3) is 0.588. The van der Waals surface area contributed by atoms with Crippen molar-refractivity contribution in [2.45, 2.75) is 39.2 Å². The number of aromatic nitrogens is 3. The summed E-state index contributed by atoms with van der Waals surface area (Å²) in [7, 11) is 0. The summed E-state index contributed by atoms with van der Waals surface area (Å²) in [6.07, 6.45) is 3.48. The number of fused-ring (bicyclic) bond motifs is 1. The van der Waals surface area contributed by atoms with Crippen molar-refractivity contribution in [1.82, 2.24) is 25.4 Å². The predicted molar refractivity (Wildman–Crippen MR) is 90.2 cm³/mol. The van der Waals surface area contributed by atoms with E-state index in [1.807, 2.05) is 24.6 Å². The van der Waals surface area contributed by atoms with Gasteiger partial charge in [-0.1, -0.05) is 13.8 Å². The first kappa shape index (κ1) is 15.9. The van der Waals surface area contributed by atoms with Crippen molar-refractivity contribution in [3.05, 3.63) is 24.0 Å². The largest absolute Gasteiger partial charge is 0.354 e. The number of nitrogens with one attached hydrogen (secondary N) is 2. The first-order valence-corrected chi connectivity index (χ1v) is 8.44. The molecule has 6 heteroatoms. The lowest BCUT2D eigenvalue weighted by Crippen LogP contribution is -2.28. The van der Waals surface area contributed by atoms with Crippen LogP contribution in [0.15, 0.2) is 18.3 Å². The maximum atomic E-state index is 11.8. The van der Waals surface area contributed by atoms with Crippen molar-refractivity contribution < 1.29 is 4.79 Å². The van der Waals surface area contributed by atoms with E-state index in [-0.39, 0.29) is 5.91 Å². The van der Waals surface area contributed by atoms with Gasteiger partial charge in [0.1, 0.15) is 0 Å². The van der Waals surface area contributed by atoms with E-state index in [1.54, 1.807) is 6.20 Å². The zero-order chi connectivity index (χ0) is 16.2. The molecular weight excluding hydrogens is 290 g/mol. The van der Waals surface area contributed by atoms with Crippen LogP contribution in [0.2, 0.25) is 0 Å². The molecule has 0 saturated carbocycles. The summed E-state index contributed by atoms with van der Waals surface area (Å²) in [5, 5.41) is 12.3. The lowest BCUT2D eigenvalue weighted by molar-refractivity contribution is -0.121. The van der Waals surface area contributed by atoms with Gasteiger partial charge in [-0.15, -0.1) is 0 Å². The Kier molecular flexibility index (Phi) is 4.91. The van der Waals surface area contributed by atoms with Crippen LogP contribution in [0.4, 0.5) is 0 Å². The molecule has 124 valence electrons. The molecule has 0 radical (unpaired) electrons. The Morgan fingerprint density at radius 1 is 1.52 bits per heavy atom. The normalized spacial score (nSPS) is 18.0. The lowest BCUT2D eigenvalue weighted by Gasteiger charge is -2.07. The number of hydrogen-bond donors (Lipinski definition) is 2. The topological polar surface area (TPSA) is 71.8 Å². The molecule has 0 bridgehead atoms. The van der Waals surface area contributed by atoms with Gasteiger partial charge in [0, 0.05) is 37.0 Å². The van der Waals surface area contributed by atoms with E-state index in [2.05, 4.69) is 21.7 Å². The Labute approximate surface area is 136 Å². The Bertz CT molecular complexity index is 673. The van der Waals surface area contributed by atoms with Gasteiger partial charge in [0.05, 0.1) is 12.2 Å². The van der Waals surface area contributed by atoms with E-state index in [4.69, 9.17) is 5.10 Å². The van der Waals surface area contributed by atoms with Gasteiger partial charge in [-0.2, -0.15) is 5.10 Å². The molecule has 6 nitrogen and oxygen atoms in total. The summed E-state index contributed by atoms with van der Waals surface area (Å²) < 4.78 is 1.93. The molecule has 1 fully saturated rings. The van der Waals surface area contributed by atoms with Crippen LogP contribution in [0.3, 0.4) is 0 Å². The highest BCUT2D eigenvalue weighted by atomic mass is 16.1. The van der Waals surface area contributed by atoms with Crippen molar-refractivity contribution in [2.75, 3.05) is 19.6 Å². The van der Waals surface area contributed by atoms with Gasteiger partial charge in [-0.25, -0.2) is 9.67 Å². The Morgan fingerprint density at radius 2 is 2.39 bits per heavy atom. The average molecular weight is 315 g/mol. The summed E-state index contributed by atoms with van der Waals surface area (Å²) in [5.74, 6) is 0.937. The highest BCUT2D eigenvalue weighted by Gasteiger charge is 2.23. The maximum absolute atomic E-state index is 11.8. The highest BCUT2D eigenvalue weighted by molar-refractivity contribution is 5.79. The van der Waals surface area contributed by atoms with Crippen LogP contribution >= 0.6 is 0 Å². The van der Waals surface area contributed by atoms with Crippen molar-refractivity contribution in [2.24, 2.45) is 5.92 Å². The van der Waals surface area contributed by atoms with Crippen molar-refractivity contribution in [1.29, 1.82) is 0 Å². The molecular formula is C17H25N5O. The van der Waals surface area contributed by atoms with Gasteiger partial charge in [0.25, 0.3) is 0 Å². The number of carbonyl (C=O) groups excluding carboxylic acids is 1. The molecule has 3 heterocycles. The quantitative estimate of drug-likeness (QED) is 0.850. The Hall–Kier alpha value is -1.95. The molecule has 1 aliphatic rings. The predicted octanol–water partition coefficient (Wildman–Crippen LogP) is 1.67. The van der Waals surface area contributed by atoms with Gasteiger partial charge in [0.2, 0.25) is 5.91 Å². The van der Waals surface area contributed by atoms with Crippen LogP contribution < -0.4 is 10.6 Å². The van der Waals surface area contributed by atoms with Crippen molar-refractivity contribution in [3.63, 3.8) is 0 Å². The summed E-state index contributed by atoms with van der Waals surface area (Å²) in [6.45, 7) is 7.36. The van der Waals surface area contributed by atoms with Crippen LogP contribution in [-0.2, 0) is 11.3 Å². The van der Waals surface area contributed by atoms with Gasteiger partial charge in [-0.3, -0.25) is 4.79 Å². The lowest BCUT2D eigenvalue weighted by atomic mass is 10.0. The standard InChI is InChI=1S/C17H25N5O/c1-12(2)10-15(23)19-8-9-22-17-14(4-3-6-20-17)16(21-22)13-5-7-18-11-13/h3-4,6,12-13,18H,5,7-11H2,1-2H3,(H,19,23)/t13-/m0/s1. The molecule has 0 aliphatic carbocycles. The molecule has 3 rings (SSSR count). The molecule has 0 unspecified atom stereocenters. The van der Waals surface area contributed by atoms with Gasteiger partial charge in [-0.05, 0) is 31.0 Å². The van der Waals surface area contributed by atoms with Crippen molar-refractivity contribution >= 4 is 16.9 Å². The van der Waals surface area contributed by atoms with Gasteiger partial charge in [0.15, 0.2) is 5.65 Å². The minimum absolute atomic E-state index is 0.102. The van der Waals surface area contributed by atoms with E-state index >= 15 is 0 Å². The molecule has 2 N–H and O–H groups in total. The van der Waals surface area contributed by atoms with Crippen LogP contribution in [0.1, 0.15) is 38.3 Å². The third kappa shape index (κ3) is 3.69. The average Bonchev–Trinajstić information content (AvgIpc) is 3.14. The summed E-state index contributed by atoms with van der Waals surface area (Å²) in [5.41, 5.74) is 2.04. The first-order chi connectivity index (χ1) is 11.1. The number of nitrogens with zero attached hydrogens (tertiary/aromatic N) is 3. The second kappa shape index (κ2) is 7.08. The molecule has 2 aromatic rings. The van der Waals surface area contributed by atoms with E-state index in [0.29, 0.717) is 31.3 Å². The van der Waals surface area contributed by atoms with E-state index < -0.39 is 0 Å². The van der Waals surface area contributed by atoms with E-state index in [0.717, 1.165) is 36.2 Å². The van der Waals surface area contributed by atoms with Crippen LogP contribution in [0, 0.1) is 5.92 Å².